The predicted molar refractivity (Wildman–Crippen MR) is 49.1 cm³/mol. The molecule has 0 saturated carbocycles. The van der Waals surface area contributed by atoms with E-state index in [0.717, 1.165) is 19.6 Å². The number of ether oxygens (including phenoxy) is 2. The molecular weight excluding hydrogens is 152 g/mol. The van der Waals surface area contributed by atoms with Crippen LogP contribution < -0.4 is 0 Å². The van der Waals surface area contributed by atoms with E-state index < -0.39 is 0 Å². The summed E-state index contributed by atoms with van der Waals surface area (Å²) in [4.78, 5) is 0. The quantitative estimate of drug-likeness (QED) is 0.573. The molecule has 0 atom stereocenters. The van der Waals surface area contributed by atoms with Gasteiger partial charge in [0.25, 0.3) is 0 Å². The molecule has 0 aromatic carbocycles. The fraction of sp³-hybridized carbons (Fsp3) is 1.00. The van der Waals surface area contributed by atoms with Crippen molar-refractivity contribution in [1.82, 2.24) is 0 Å². The maximum absolute atomic E-state index is 5.34. The zero-order valence-corrected chi connectivity index (χ0v) is 8.05. The van der Waals surface area contributed by atoms with Crippen molar-refractivity contribution in [1.29, 1.82) is 0 Å². The third kappa shape index (κ3) is 4.07. The summed E-state index contributed by atoms with van der Waals surface area (Å²) in [6.45, 7) is 3.82. The third-order valence-corrected chi connectivity index (χ3v) is 2.23. The molecule has 1 fully saturated rings. The molecule has 0 unspecified atom stereocenters. The molecule has 0 radical (unpaired) electrons. The smallest absolute Gasteiger partial charge is 0.157 e. The van der Waals surface area contributed by atoms with Gasteiger partial charge in [-0.25, -0.2) is 0 Å². The molecule has 0 aromatic rings. The predicted octanol–water partition coefficient (Wildman–Crippen LogP) is 2.72. The fourth-order valence-corrected chi connectivity index (χ4v) is 1.49. The van der Waals surface area contributed by atoms with Gasteiger partial charge >= 0.3 is 0 Å². The Morgan fingerprint density at radius 3 is 2.33 bits per heavy atom. The summed E-state index contributed by atoms with van der Waals surface area (Å²) in [6, 6.07) is 0. The van der Waals surface area contributed by atoms with Gasteiger partial charge in [-0.05, 0) is 12.8 Å². The Morgan fingerprint density at radius 1 is 1.00 bits per heavy atom. The molecule has 1 saturated heterocycles. The van der Waals surface area contributed by atoms with E-state index in [4.69, 9.17) is 9.47 Å². The minimum absolute atomic E-state index is 0.117. The Morgan fingerprint density at radius 2 is 1.67 bits per heavy atom. The van der Waals surface area contributed by atoms with Crippen LogP contribution in [0.5, 0.6) is 0 Å². The zero-order valence-electron chi connectivity index (χ0n) is 8.05. The van der Waals surface area contributed by atoms with Crippen molar-refractivity contribution >= 4 is 0 Å². The van der Waals surface area contributed by atoms with E-state index in [-0.39, 0.29) is 6.29 Å². The summed E-state index contributed by atoms with van der Waals surface area (Å²) in [6.07, 6.45) is 7.84. The van der Waals surface area contributed by atoms with Crippen molar-refractivity contribution in [3.8, 4) is 0 Å². The third-order valence-electron chi connectivity index (χ3n) is 2.23. The van der Waals surface area contributed by atoms with Gasteiger partial charge in [-0.3, -0.25) is 0 Å². The van der Waals surface area contributed by atoms with Gasteiger partial charge in [-0.15, -0.1) is 0 Å². The van der Waals surface area contributed by atoms with Crippen LogP contribution in [0, 0.1) is 0 Å². The van der Waals surface area contributed by atoms with Crippen LogP contribution in [0.2, 0.25) is 0 Å². The van der Waals surface area contributed by atoms with Crippen LogP contribution in [-0.4, -0.2) is 19.5 Å². The van der Waals surface area contributed by atoms with E-state index in [1.165, 1.54) is 32.1 Å². The van der Waals surface area contributed by atoms with E-state index in [2.05, 4.69) is 6.92 Å². The van der Waals surface area contributed by atoms with Crippen LogP contribution in [0.15, 0.2) is 0 Å². The second kappa shape index (κ2) is 6.44. The van der Waals surface area contributed by atoms with Crippen molar-refractivity contribution in [3.05, 3.63) is 0 Å². The lowest BCUT2D eigenvalue weighted by atomic mass is 10.1. The lowest BCUT2D eigenvalue weighted by Gasteiger charge is -2.07. The molecule has 0 bridgehead atoms. The van der Waals surface area contributed by atoms with Crippen molar-refractivity contribution in [3.63, 3.8) is 0 Å². The lowest BCUT2D eigenvalue weighted by molar-refractivity contribution is -0.0480. The SMILES string of the molecule is CCCCCCCC1OCCO1. The molecule has 0 amide bonds. The highest BCUT2D eigenvalue weighted by molar-refractivity contribution is 4.52. The monoisotopic (exact) mass is 172 g/mol. The maximum Gasteiger partial charge on any atom is 0.157 e. The molecule has 0 spiro atoms. The van der Waals surface area contributed by atoms with Gasteiger partial charge in [-0.2, -0.15) is 0 Å². The second-order valence-electron chi connectivity index (χ2n) is 3.37. The van der Waals surface area contributed by atoms with Gasteiger partial charge in [0.05, 0.1) is 13.2 Å². The van der Waals surface area contributed by atoms with Crippen molar-refractivity contribution in [2.75, 3.05) is 13.2 Å². The number of unbranched alkanes of at least 4 members (excludes halogenated alkanes) is 4. The molecule has 0 aromatic heterocycles. The molecule has 2 heteroatoms. The Balaban J connectivity index is 1.81. The van der Waals surface area contributed by atoms with Crippen LogP contribution in [0.25, 0.3) is 0 Å². The molecule has 1 rings (SSSR count). The summed E-state index contributed by atoms with van der Waals surface area (Å²) >= 11 is 0. The molecule has 0 aliphatic carbocycles. The molecule has 1 aliphatic rings. The summed E-state index contributed by atoms with van der Waals surface area (Å²) < 4.78 is 10.7. The van der Waals surface area contributed by atoms with Gasteiger partial charge < -0.3 is 9.47 Å². The molecule has 0 N–H and O–H groups in total. The first-order valence-electron chi connectivity index (χ1n) is 5.16. The Kier molecular flexibility index (Phi) is 5.37. The average molecular weight is 172 g/mol. The van der Waals surface area contributed by atoms with Crippen LogP contribution >= 0.6 is 0 Å². The van der Waals surface area contributed by atoms with Gasteiger partial charge in [0.1, 0.15) is 0 Å². The van der Waals surface area contributed by atoms with Gasteiger partial charge in [0, 0.05) is 0 Å². The van der Waals surface area contributed by atoms with E-state index in [0.29, 0.717) is 0 Å². The molecule has 12 heavy (non-hydrogen) atoms. The minimum Gasteiger partial charge on any atom is -0.350 e. The van der Waals surface area contributed by atoms with E-state index >= 15 is 0 Å². The Hall–Kier alpha value is -0.0800. The standard InChI is InChI=1S/C10H20O2/c1-2-3-4-5-6-7-10-11-8-9-12-10/h10H,2-9H2,1H3. The molecular formula is C10H20O2. The van der Waals surface area contributed by atoms with Gasteiger partial charge in [0.2, 0.25) is 0 Å². The Bertz CT molecular complexity index is 98.0. The number of hydrogen-bond donors (Lipinski definition) is 0. The highest BCUT2D eigenvalue weighted by Crippen LogP contribution is 2.13. The maximum atomic E-state index is 5.34. The van der Waals surface area contributed by atoms with Gasteiger partial charge in [-0.1, -0.05) is 32.6 Å². The van der Waals surface area contributed by atoms with Crippen LogP contribution in [0.4, 0.5) is 0 Å². The molecule has 1 heterocycles. The van der Waals surface area contributed by atoms with E-state index in [9.17, 15) is 0 Å². The highest BCUT2D eigenvalue weighted by atomic mass is 16.7. The highest BCUT2D eigenvalue weighted by Gasteiger charge is 2.14. The Labute approximate surface area is 75.2 Å². The van der Waals surface area contributed by atoms with Crippen molar-refractivity contribution in [2.24, 2.45) is 0 Å². The normalized spacial score (nSPS) is 18.8. The topological polar surface area (TPSA) is 18.5 Å². The summed E-state index contributed by atoms with van der Waals surface area (Å²) in [5.74, 6) is 0. The molecule has 72 valence electrons. The van der Waals surface area contributed by atoms with Crippen LogP contribution in [0.3, 0.4) is 0 Å². The van der Waals surface area contributed by atoms with Crippen LogP contribution in [-0.2, 0) is 9.47 Å². The van der Waals surface area contributed by atoms with E-state index in [1.54, 1.807) is 0 Å². The largest absolute Gasteiger partial charge is 0.350 e. The lowest BCUT2D eigenvalue weighted by Crippen LogP contribution is -2.06. The van der Waals surface area contributed by atoms with Crippen LogP contribution in [0.1, 0.15) is 45.4 Å². The number of rotatable bonds is 6. The minimum atomic E-state index is 0.117. The van der Waals surface area contributed by atoms with Crippen molar-refractivity contribution in [2.45, 2.75) is 51.7 Å². The first-order valence-corrected chi connectivity index (χ1v) is 5.16. The molecule has 1 aliphatic heterocycles. The number of hydrogen-bond acceptors (Lipinski definition) is 2. The fourth-order valence-electron chi connectivity index (χ4n) is 1.49. The second-order valence-corrected chi connectivity index (χ2v) is 3.37. The van der Waals surface area contributed by atoms with E-state index in [1.807, 2.05) is 0 Å². The first-order chi connectivity index (χ1) is 5.93. The van der Waals surface area contributed by atoms with Crippen molar-refractivity contribution < 1.29 is 9.47 Å². The van der Waals surface area contributed by atoms with Gasteiger partial charge in [0.15, 0.2) is 6.29 Å². The zero-order chi connectivity index (χ0) is 8.65. The molecule has 2 nitrogen and oxygen atoms in total. The average Bonchev–Trinajstić information content (AvgIpc) is 2.57. The first kappa shape index (κ1) is 10.0. The summed E-state index contributed by atoms with van der Waals surface area (Å²) in [5.41, 5.74) is 0. The summed E-state index contributed by atoms with van der Waals surface area (Å²) in [7, 11) is 0. The summed E-state index contributed by atoms with van der Waals surface area (Å²) in [5, 5.41) is 0.